The summed E-state index contributed by atoms with van der Waals surface area (Å²) in [5, 5.41) is 3.11. The van der Waals surface area contributed by atoms with Crippen LogP contribution in [0.3, 0.4) is 0 Å². The van der Waals surface area contributed by atoms with E-state index in [4.69, 9.17) is 10.5 Å². The molecular weight excluding hydrogens is 216 g/mol. The standard InChI is InChI=1S/C13H26N2O2/c1-4-5-10(9-14)12(16)15-11-6-7-17-13(2,3)8-11/h10-11H,4-9,14H2,1-3H3,(H,15,16). The Morgan fingerprint density at radius 3 is 2.82 bits per heavy atom. The van der Waals surface area contributed by atoms with Crippen molar-refractivity contribution < 1.29 is 9.53 Å². The minimum atomic E-state index is -0.126. The summed E-state index contributed by atoms with van der Waals surface area (Å²) in [5.41, 5.74) is 5.51. The molecule has 17 heavy (non-hydrogen) atoms. The molecular formula is C13H26N2O2. The molecule has 0 aromatic heterocycles. The molecule has 3 N–H and O–H groups in total. The van der Waals surface area contributed by atoms with Gasteiger partial charge >= 0.3 is 0 Å². The number of hydrogen-bond acceptors (Lipinski definition) is 3. The van der Waals surface area contributed by atoms with Crippen LogP contribution >= 0.6 is 0 Å². The number of hydrogen-bond donors (Lipinski definition) is 2. The summed E-state index contributed by atoms with van der Waals surface area (Å²) in [4.78, 5) is 12.0. The zero-order valence-electron chi connectivity index (χ0n) is 11.3. The molecule has 4 nitrogen and oxygen atoms in total. The van der Waals surface area contributed by atoms with E-state index in [2.05, 4.69) is 26.1 Å². The zero-order chi connectivity index (χ0) is 12.9. The second kappa shape index (κ2) is 6.36. The molecule has 0 bridgehead atoms. The van der Waals surface area contributed by atoms with Crippen molar-refractivity contribution >= 4 is 5.91 Å². The van der Waals surface area contributed by atoms with Crippen LogP contribution in [0.25, 0.3) is 0 Å². The lowest BCUT2D eigenvalue weighted by molar-refractivity contribution is -0.127. The summed E-state index contributed by atoms with van der Waals surface area (Å²) < 4.78 is 5.64. The molecule has 0 saturated carbocycles. The van der Waals surface area contributed by atoms with Gasteiger partial charge in [0.25, 0.3) is 0 Å². The topological polar surface area (TPSA) is 64.4 Å². The van der Waals surface area contributed by atoms with E-state index in [-0.39, 0.29) is 23.5 Å². The summed E-state index contributed by atoms with van der Waals surface area (Å²) in [6.07, 6.45) is 3.64. The highest BCUT2D eigenvalue weighted by Crippen LogP contribution is 2.24. The number of rotatable bonds is 5. The molecule has 0 aromatic rings. The normalized spacial score (nSPS) is 25.3. The molecule has 1 fully saturated rings. The van der Waals surface area contributed by atoms with Gasteiger partial charge in [0.15, 0.2) is 0 Å². The van der Waals surface area contributed by atoms with Crippen molar-refractivity contribution in [2.24, 2.45) is 11.7 Å². The maximum Gasteiger partial charge on any atom is 0.224 e. The smallest absolute Gasteiger partial charge is 0.224 e. The van der Waals surface area contributed by atoms with Crippen LogP contribution in [-0.4, -0.2) is 30.7 Å². The molecule has 0 spiro atoms. The number of nitrogens with two attached hydrogens (primary N) is 1. The first-order valence-electron chi connectivity index (χ1n) is 6.63. The van der Waals surface area contributed by atoms with Crippen LogP contribution in [0.2, 0.25) is 0 Å². The number of carbonyl (C=O) groups excluding carboxylic acids is 1. The first-order valence-corrected chi connectivity index (χ1v) is 6.63. The maximum absolute atomic E-state index is 12.0. The van der Waals surface area contributed by atoms with E-state index in [0.29, 0.717) is 6.54 Å². The molecule has 4 heteroatoms. The Hall–Kier alpha value is -0.610. The minimum absolute atomic E-state index is 0.0362. The molecule has 1 rings (SSSR count). The van der Waals surface area contributed by atoms with Crippen molar-refractivity contribution in [3.8, 4) is 0 Å². The van der Waals surface area contributed by atoms with Crippen molar-refractivity contribution in [1.82, 2.24) is 5.32 Å². The van der Waals surface area contributed by atoms with Gasteiger partial charge in [0, 0.05) is 19.2 Å². The maximum atomic E-state index is 12.0. The monoisotopic (exact) mass is 242 g/mol. The Kier molecular flexibility index (Phi) is 5.40. The van der Waals surface area contributed by atoms with Gasteiger partial charge in [-0.15, -0.1) is 0 Å². The van der Waals surface area contributed by atoms with Crippen molar-refractivity contribution in [2.45, 2.75) is 58.1 Å². The average molecular weight is 242 g/mol. The third-order valence-electron chi connectivity index (χ3n) is 3.34. The molecule has 100 valence electrons. The molecule has 1 aliphatic rings. The number of amides is 1. The van der Waals surface area contributed by atoms with Crippen LogP contribution in [0.15, 0.2) is 0 Å². The van der Waals surface area contributed by atoms with Gasteiger partial charge in [-0.25, -0.2) is 0 Å². The molecule has 1 aliphatic heterocycles. The molecule has 0 aliphatic carbocycles. The van der Waals surface area contributed by atoms with Crippen LogP contribution in [-0.2, 0) is 9.53 Å². The summed E-state index contributed by atoms with van der Waals surface area (Å²) in [7, 11) is 0. The fraction of sp³-hybridized carbons (Fsp3) is 0.923. The Bertz CT molecular complexity index is 254. The van der Waals surface area contributed by atoms with Crippen molar-refractivity contribution in [1.29, 1.82) is 0 Å². The predicted octanol–water partition coefficient (Wildman–Crippen LogP) is 1.44. The fourth-order valence-electron chi connectivity index (χ4n) is 2.38. The first kappa shape index (κ1) is 14.5. The highest BCUT2D eigenvalue weighted by molar-refractivity contribution is 5.79. The van der Waals surface area contributed by atoms with E-state index in [1.807, 2.05) is 0 Å². The van der Waals surface area contributed by atoms with Gasteiger partial charge in [0.2, 0.25) is 5.91 Å². The third kappa shape index (κ3) is 4.64. The fourth-order valence-corrected chi connectivity index (χ4v) is 2.38. The quantitative estimate of drug-likeness (QED) is 0.766. The van der Waals surface area contributed by atoms with Crippen molar-refractivity contribution in [2.75, 3.05) is 13.2 Å². The lowest BCUT2D eigenvalue weighted by atomic mass is 9.93. The predicted molar refractivity (Wildman–Crippen MR) is 68.6 cm³/mol. The van der Waals surface area contributed by atoms with Gasteiger partial charge < -0.3 is 15.8 Å². The Balaban J connectivity index is 2.44. The molecule has 0 radical (unpaired) electrons. The lowest BCUT2D eigenvalue weighted by Gasteiger charge is -2.36. The molecule has 1 heterocycles. The summed E-state index contributed by atoms with van der Waals surface area (Å²) in [6, 6.07) is 0.233. The summed E-state index contributed by atoms with van der Waals surface area (Å²) in [5.74, 6) is 0.0722. The third-order valence-corrected chi connectivity index (χ3v) is 3.34. The van der Waals surface area contributed by atoms with Gasteiger partial charge in [0.1, 0.15) is 0 Å². The number of nitrogens with one attached hydrogen (secondary N) is 1. The zero-order valence-corrected chi connectivity index (χ0v) is 11.3. The Morgan fingerprint density at radius 2 is 2.29 bits per heavy atom. The Morgan fingerprint density at radius 1 is 1.59 bits per heavy atom. The first-order chi connectivity index (χ1) is 7.98. The van der Waals surface area contributed by atoms with Gasteiger partial charge in [-0.2, -0.15) is 0 Å². The van der Waals surface area contributed by atoms with Crippen LogP contribution in [0, 0.1) is 5.92 Å². The molecule has 1 saturated heterocycles. The van der Waals surface area contributed by atoms with E-state index >= 15 is 0 Å². The van der Waals surface area contributed by atoms with Gasteiger partial charge in [0.05, 0.1) is 11.5 Å². The molecule has 2 unspecified atom stereocenters. The molecule has 1 amide bonds. The van der Waals surface area contributed by atoms with Crippen LogP contribution < -0.4 is 11.1 Å². The minimum Gasteiger partial charge on any atom is -0.375 e. The molecule has 2 atom stereocenters. The SMILES string of the molecule is CCCC(CN)C(=O)NC1CCOC(C)(C)C1. The van der Waals surface area contributed by atoms with E-state index in [9.17, 15) is 4.79 Å². The molecule has 0 aromatic carbocycles. The number of ether oxygens (including phenoxy) is 1. The average Bonchev–Trinajstić information content (AvgIpc) is 2.24. The van der Waals surface area contributed by atoms with Gasteiger partial charge in [-0.3, -0.25) is 4.79 Å². The second-order valence-corrected chi connectivity index (χ2v) is 5.53. The van der Waals surface area contributed by atoms with Crippen molar-refractivity contribution in [3.63, 3.8) is 0 Å². The van der Waals surface area contributed by atoms with E-state index < -0.39 is 0 Å². The van der Waals surface area contributed by atoms with Crippen LogP contribution in [0.4, 0.5) is 0 Å². The van der Waals surface area contributed by atoms with Gasteiger partial charge in [-0.05, 0) is 33.1 Å². The Labute approximate surface area is 104 Å². The van der Waals surface area contributed by atoms with Crippen LogP contribution in [0.1, 0.15) is 46.5 Å². The lowest BCUT2D eigenvalue weighted by Crippen LogP contribution is -2.48. The van der Waals surface area contributed by atoms with E-state index in [1.54, 1.807) is 0 Å². The van der Waals surface area contributed by atoms with Crippen molar-refractivity contribution in [3.05, 3.63) is 0 Å². The summed E-state index contributed by atoms with van der Waals surface area (Å²) in [6.45, 7) is 7.37. The van der Waals surface area contributed by atoms with E-state index in [1.165, 1.54) is 0 Å². The second-order valence-electron chi connectivity index (χ2n) is 5.53. The van der Waals surface area contributed by atoms with E-state index in [0.717, 1.165) is 32.3 Å². The van der Waals surface area contributed by atoms with Gasteiger partial charge in [-0.1, -0.05) is 13.3 Å². The largest absolute Gasteiger partial charge is 0.375 e. The van der Waals surface area contributed by atoms with Crippen LogP contribution in [0.5, 0.6) is 0 Å². The number of carbonyl (C=O) groups is 1. The highest BCUT2D eigenvalue weighted by Gasteiger charge is 2.30. The highest BCUT2D eigenvalue weighted by atomic mass is 16.5. The summed E-state index contributed by atoms with van der Waals surface area (Å²) >= 11 is 0.